The van der Waals surface area contributed by atoms with Crippen molar-refractivity contribution in [2.75, 3.05) is 16.8 Å². The highest BCUT2D eigenvalue weighted by molar-refractivity contribution is 9.09. The van der Waals surface area contributed by atoms with Gasteiger partial charge in [-0.1, -0.05) is 28.1 Å². The molecule has 0 radical (unpaired) electrons. The van der Waals surface area contributed by atoms with Crippen molar-refractivity contribution in [1.82, 2.24) is 0 Å². The van der Waals surface area contributed by atoms with Crippen molar-refractivity contribution < 1.29 is 14.5 Å². The summed E-state index contributed by atoms with van der Waals surface area (Å²) in [6.07, 6.45) is 0.0726. The summed E-state index contributed by atoms with van der Waals surface area (Å²) in [5.74, 6) is 0. The molecule has 0 atom stereocenters. The van der Waals surface area contributed by atoms with E-state index in [1.165, 1.54) is 11.0 Å². The van der Waals surface area contributed by atoms with Crippen molar-refractivity contribution in [2.45, 2.75) is 32.8 Å². The van der Waals surface area contributed by atoms with E-state index in [1.807, 2.05) is 0 Å². The van der Waals surface area contributed by atoms with Crippen LogP contribution in [0.1, 0.15) is 27.2 Å². The number of alkyl halides is 1. The Morgan fingerprint density at radius 2 is 2.00 bits per heavy atom. The monoisotopic (exact) mass is 358 g/mol. The lowest BCUT2D eigenvalue weighted by Crippen LogP contribution is -2.38. The first-order valence-corrected chi connectivity index (χ1v) is 7.68. The van der Waals surface area contributed by atoms with Crippen LogP contribution in [-0.4, -0.2) is 28.5 Å². The number of carbonyl (C=O) groups is 1. The zero-order chi connectivity index (χ0) is 16.0. The molecule has 0 bridgehead atoms. The number of ether oxygens (including phenoxy) is 1. The largest absolute Gasteiger partial charge is 0.443 e. The first kappa shape index (κ1) is 17.4. The molecular weight excluding hydrogens is 340 g/mol. The molecule has 0 fully saturated rings. The van der Waals surface area contributed by atoms with Crippen LogP contribution >= 0.6 is 15.9 Å². The molecule has 0 aromatic heterocycles. The van der Waals surface area contributed by atoms with E-state index >= 15 is 0 Å². The molecule has 1 rings (SSSR count). The van der Waals surface area contributed by atoms with Crippen LogP contribution in [0.2, 0.25) is 0 Å². The van der Waals surface area contributed by atoms with Crippen LogP contribution in [0.15, 0.2) is 24.3 Å². The minimum Gasteiger partial charge on any atom is -0.443 e. The maximum absolute atomic E-state index is 12.3. The Morgan fingerprint density at radius 1 is 1.38 bits per heavy atom. The van der Waals surface area contributed by atoms with E-state index in [0.717, 1.165) is 0 Å². The van der Waals surface area contributed by atoms with Gasteiger partial charge in [0.05, 0.1) is 4.92 Å². The van der Waals surface area contributed by atoms with Crippen molar-refractivity contribution in [1.29, 1.82) is 0 Å². The van der Waals surface area contributed by atoms with Crippen molar-refractivity contribution in [2.24, 2.45) is 0 Å². The molecule has 0 aliphatic carbocycles. The first-order valence-electron chi connectivity index (χ1n) is 6.56. The van der Waals surface area contributed by atoms with Gasteiger partial charge in [-0.25, -0.2) is 4.79 Å². The zero-order valence-electron chi connectivity index (χ0n) is 12.3. The van der Waals surface area contributed by atoms with Gasteiger partial charge in [-0.3, -0.25) is 15.0 Å². The van der Waals surface area contributed by atoms with Crippen LogP contribution in [0.25, 0.3) is 0 Å². The van der Waals surface area contributed by atoms with Gasteiger partial charge in [-0.05, 0) is 33.3 Å². The van der Waals surface area contributed by atoms with Crippen LogP contribution in [0.4, 0.5) is 16.2 Å². The summed E-state index contributed by atoms with van der Waals surface area (Å²) in [7, 11) is 0. The smallest absolute Gasteiger partial charge is 0.415 e. The van der Waals surface area contributed by atoms with E-state index in [4.69, 9.17) is 4.74 Å². The molecule has 116 valence electrons. The van der Waals surface area contributed by atoms with E-state index in [9.17, 15) is 14.9 Å². The average molecular weight is 359 g/mol. The highest BCUT2D eigenvalue weighted by atomic mass is 79.9. The van der Waals surface area contributed by atoms with Crippen LogP contribution < -0.4 is 4.90 Å². The molecule has 0 saturated carbocycles. The Morgan fingerprint density at radius 3 is 2.52 bits per heavy atom. The molecule has 21 heavy (non-hydrogen) atoms. The zero-order valence-corrected chi connectivity index (χ0v) is 13.9. The van der Waals surface area contributed by atoms with Gasteiger partial charge in [0.1, 0.15) is 11.3 Å². The quantitative estimate of drug-likeness (QED) is 0.450. The predicted octanol–water partition coefficient (Wildman–Crippen LogP) is 4.12. The average Bonchev–Trinajstić information content (AvgIpc) is 2.37. The van der Waals surface area contributed by atoms with E-state index in [2.05, 4.69) is 15.9 Å². The second-order valence-electron chi connectivity index (χ2n) is 5.42. The van der Waals surface area contributed by atoms with Crippen molar-refractivity contribution >= 4 is 33.4 Å². The number of nitro benzene ring substituents is 1. The molecule has 0 spiro atoms. The Bertz CT molecular complexity index is 514. The normalized spacial score (nSPS) is 11.0. The fourth-order valence-electron chi connectivity index (χ4n) is 1.69. The van der Waals surface area contributed by atoms with Crippen LogP contribution in [0.5, 0.6) is 0 Å². The molecule has 1 amide bonds. The minimum absolute atomic E-state index is 0.113. The maximum atomic E-state index is 12.3. The van der Waals surface area contributed by atoms with Gasteiger partial charge in [0.15, 0.2) is 0 Å². The number of nitro groups is 1. The lowest BCUT2D eigenvalue weighted by molar-refractivity contribution is -0.384. The number of anilines is 1. The Labute approximate surface area is 132 Å². The van der Waals surface area contributed by atoms with Crippen LogP contribution in [0, 0.1) is 10.1 Å². The lowest BCUT2D eigenvalue weighted by atomic mass is 10.2. The number of hydrogen-bond donors (Lipinski definition) is 0. The number of para-hydroxylation sites is 2. The van der Waals surface area contributed by atoms with Gasteiger partial charge in [-0.15, -0.1) is 0 Å². The fraction of sp³-hybridized carbons (Fsp3) is 0.500. The third-order valence-corrected chi connectivity index (χ3v) is 3.06. The van der Waals surface area contributed by atoms with Gasteiger partial charge >= 0.3 is 6.09 Å². The minimum atomic E-state index is -0.659. The van der Waals surface area contributed by atoms with Crippen molar-refractivity contribution in [3.63, 3.8) is 0 Å². The number of hydrogen-bond acceptors (Lipinski definition) is 4. The molecule has 1 aromatic rings. The van der Waals surface area contributed by atoms with Crippen molar-refractivity contribution in [3.8, 4) is 0 Å². The molecule has 0 saturated heterocycles. The summed E-state index contributed by atoms with van der Waals surface area (Å²) in [4.78, 5) is 24.2. The molecule has 1 aromatic carbocycles. The molecule has 0 aliphatic rings. The summed E-state index contributed by atoms with van der Waals surface area (Å²) >= 11 is 3.30. The number of benzene rings is 1. The van der Waals surface area contributed by atoms with Gasteiger partial charge in [-0.2, -0.15) is 0 Å². The second-order valence-corrected chi connectivity index (χ2v) is 6.21. The summed E-state index contributed by atoms with van der Waals surface area (Å²) < 4.78 is 5.34. The van der Waals surface area contributed by atoms with Gasteiger partial charge < -0.3 is 4.74 Å². The van der Waals surface area contributed by atoms with E-state index < -0.39 is 16.6 Å². The molecule has 0 unspecified atom stereocenters. The Kier molecular flexibility index (Phi) is 6.14. The highest BCUT2D eigenvalue weighted by Gasteiger charge is 2.27. The highest BCUT2D eigenvalue weighted by Crippen LogP contribution is 2.29. The second kappa shape index (κ2) is 7.40. The summed E-state index contributed by atoms with van der Waals surface area (Å²) in [5.41, 5.74) is -0.525. The predicted molar refractivity (Wildman–Crippen MR) is 85.1 cm³/mol. The fourth-order valence-corrected chi connectivity index (χ4v) is 1.94. The third kappa shape index (κ3) is 5.34. The summed E-state index contributed by atoms with van der Waals surface area (Å²) in [6.45, 7) is 5.61. The summed E-state index contributed by atoms with van der Waals surface area (Å²) in [5, 5.41) is 11.8. The number of halogens is 1. The first-order chi connectivity index (χ1) is 9.76. The molecule has 0 aliphatic heterocycles. The molecule has 6 nitrogen and oxygen atoms in total. The van der Waals surface area contributed by atoms with E-state index in [1.54, 1.807) is 39.0 Å². The SMILES string of the molecule is CC(C)(C)OC(=O)N(CCCBr)c1ccccc1[N+](=O)[O-]. The molecule has 7 heteroatoms. The number of rotatable bonds is 5. The molecule has 0 heterocycles. The lowest BCUT2D eigenvalue weighted by Gasteiger charge is -2.27. The van der Waals surface area contributed by atoms with Gasteiger partial charge in [0.25, 0.3) is 5.69 Å². The Hall–Kier alpha value is -1.63. The van der Waals surface area contributed by atoms with Crippen LogP contribution in [0.3, 0.4) is 0 Å². The van der Waals surface area contributed by atoms with E-state index in [0.29, 0.717) is 18.3 Å². The topological polar surface area (TPSA) is 72.7 Å². The summed E-state index contributed by atoms with van der Waals surface area (Å²) in [6, 6.07) is 6.16. The van der Waals surface area contributed by atoms with Crippen LogP contribution in [-0.2, 0) is 4.74 Å². The number of carbonyl (C=O) groups excluding carboxylic acids is 1. The Balaban J connectivity index is 3.13. The number of nitrogens with zero attached hydrogens (tertiary/aromatic N) is 2. The van der Waals surface area contributed by atoms with E-state index in [-0.39, 0.29) is 11.4 Å². The maximum Gasteiger partial charge on any atom is 0.415 e. The third-order valence-electron chi connectivity index (χ3n) is 2.50. The van der Waals surface area contributed by atoms with Crippen molar-refractivity contribution in [3.05, 3.63) is 34.4 Å². The van der Waals surface area contributed by atoms with Gasteiger partial charge in [0.2, 0.25) is 0 Å². The standard InChI is InChI=1S/C14H19BrN2O4/c1-14(2,3)21-13(18)16(10-6-9-15)11-7-4-5-8-12(11)17(19)20/h4-5,7-8H,6,9-10H2,1-3H3. The molecule has 0 N–H and O–H groups in total. The number of amides is 1. The molecular formula is C14H19BrN2O4. The van der Waals surface area contributed by atoms with Gasteiger partial charge in [0, 0.05) is 17.9 Å².